The van der Waals surface area contributed by atoms with Crippen LogP contribution >= 0.6 is 0 Å². The molecule has 5 nitrogen and oxygen atoms in total. The van der Waals surface area contributed by atoms with Crippen molar-refractivity contribution in [3.63, 3.8) is 0 Å². The van der Waals surface area contributed by atoms with Gasteiger partial charge in [0.05, 0.1) is 18.0 Å². The number of hydrogen-bond acceptors (Lipinski definition) is 3. The predicted molar refractivity (Wildman–Crippen MR) is 79.8 cm³/mol. The van der Waals surface area contributed by atoms with Crippen LogP contribution in [-0.4, -0.2) is 29.2 Å². The number of rotatable bonds is 6. The Morgan fingerprint density at radius 2 is 2.23 bits per heavy atom. The van der Waals surface area contributed by atoms with Crippen LogP contribution in [0.1, 0.15) is 40.0 Å². The first-order valence-corrected chi connectivity index (χ1v) is 7.72. The number of carboxylic acids is 1. The third kappa shape index (κ3) is 2.75. The summed E-state index contributed by atoms with van der Waals surface area (Å²) < 4.78 is 12.6. The molecular weight excluding hydrogens is 289 g/mol. The molecule has 1 unspecified atom stereocenters. The summed E-state index contributed by atoms with van der Waals surface area (Å²) in [7, 11) is 0. The molecule has 0 aromatic rings. The van der Waals surface area contributed by atoms with Crippen LogP contribution in [0.2, 0.25) is 0 Å². The zero-order valence-electron chi connectivity index (χ0n) is 13.3. The van der Waals surface area contributed by atoms with E-state index in [1.54, 1.807) is 0 Å². The standard InChI is InChI=1S/C16H24FNO4/c1-15(2,3)13(14(19)20)16(9-18(21)22)8-11-6-10(4-5-17)7-12(11)16/h7,11-13H,4-6,8-9H2,1-3H3,(H,19,20)/t11-,12-,13?,16+/m1/s1. The Hall–Kier alpha value is -1.46. The predicted octanol–water partition coefficient (Wildman–Crippen LogP) is 3.32. The second-order valence-electron chi connectivity index (χ2n) is 7.82. The normalized spacial score (nSPS) is 31.9. The molecule has 0 saturated heterocycles. The average Bonchev–Trinajstić information content (AvgIpc) is 2.64. The Morgan fingerprint density at radius 3 is 2.68 bits per heavy atom. The lowest BCUT2D eigenvalue weighted by Crippen LogP contribution is -2.59. The van der Waals surface area contributed by atoms with Gasteiger partial charge in [-0.25, -0.2) is 0 Å². The molecule has 124 valence electrons. The van der Waals surface area contributed by atoms with Gasteiger partial charge in [0.25, 0.3) is 0 Å². The van der Waals surface area contributed by atoms with Gasteiger partial charge in [-0.05, 0) is 36.5 Å². The van der Waals surface area contributed by atoms with Gasteiger partial charge in [0.1, 0.15) is 0 Å². The molecule has 0 aromatic carbocycles. The van der Waals surface area contributed by atoms with Crippen molar-refractivity contribution in [2.24, 2.45) is 28.6 Å². The smallest absolute Gasteiger partial charge is 0.307 e. The van der Waals surface area contributed by atoms with Crippen molar-refractivity contribution < 1.29 is 19.2 Å². The number of hydrogen-bond donors (Lipinski definition) is 1. The number of nitro groups is 1. The lowest BCUT2D eigenvalue weighted by molar-refractivity contribution is -0.510. The molecule has 2 aliphatic carbocycles. The van der Waals surface area contributed by atoms with E-state index in [1.165, 1.54) is 0 Å². The molecule has 4 atom stereocenters. The fourth-order valence-corrected chi connectivity index (χ4v) is 4.82. The first kappa shape index (κ1) is 16.9. The van der Waals surface area contributed by atoms with Crippen LogP contribution in [0.25, 0.3) is 0 Å². The topological polar surface area (TPSA) is 80.4 Å². The van der Waals surface area contributed by atoms with Gasteiger partial charge >= 0.3 is 5.97 Å². The third-order valence-corrected chi connectivity index (χ3v) is 5.28. The first-order chi connectivity index (χ1) is 10.1. The number of halogens is 1. The number of aliphatic carboxylic acids is 1. The fraction of sp³-hybridized carbons (Fsp3) is 0.812. The van der Waals surface area contributed by atoms with Crippen LogP contribution in [0, 0.1) is 38.7 Å². The molecule has 2 aliphatic rings. The molecule has 1 N–H and O–H groups in total. The zero-order chi connectivity index (χ0) is 16.7. The van der Waals surface area contributed by atoms with E-state index in [4.69, 9.17) is 0 Å². The summed E-state index contributed by atoms with van der Waals surface area (Å²) in [5.74, 6) is -1.63. The van der Waals surface area contributed by atoms with E-state index in [0.29, 0.717) is 12.8 Å². The molecular formula is C16H24FNO4. The summed E-state index contributed by atoms with van der Waals surface area (Å²) in [6, 6.07) is 0. The van der Waals surface area contributed by atoms with Gasteiger partial charge in [0, 0.05) is 4.92 Å². The van der Waals surface area contributed by atoms with Crippen LogP contribution < -0.4 is 0 Å². The molecule has 0 heterocycles. The average molecular weight is 313 g/mol. The summed E-state index contributed by atoms with van der Waals surface area (Å²) in [6.45, 7) is 4.70. The van der Waals surface area contributed by atoms with E-state index in [0.717, 1.165) is 12.0 Å². The zero-order valence-corrected chi connectivity index (χ0v) is 13.3. The molecule has 1 fully saturated rings. The second-order valence-corrected chi connectivity index (χ2v) is 7.82. The van der Waals surface area contributed by atoms with Crippen molar-refractivity contribution >= 4 is 5.97 Å². The van der Waals surface area contributed by atoms with Crippen molar-refractivity contribution in [1.29, 1.82) is 0 Å². The highest BCUT2D eigenvalue weighted by molar-refractivity contribution is 5.72. The van der Waals surface area contributed by atoms with Gasteiger partial charge in [-0.3, -0.25) is 19.3 Å². The van der Waals surface area contributed by atoms with Gasteiger partial charge in [0.15, 0.2) is 0 Å². The maximum absolute atomic E-state index is 12.6. The van der Waals surface area contributed by atoms with Crippen LogP contribution in [0.3, 0.4) is 0 Å². The third-order valence-electron chi connectivity index (χ3n) is 5.28. The molecule has 22 heavy (non-hydrogen) atoms. The summed E-state index contributed by atoms with van der Waals surface area (Å²) in [5.41, 5.74) is -0.430. The highest BCUT2D eigenvalue weighted by Crippen LogP contribution is 2.64. The molecule has 0 aliphatic heterocycles. The highest BCUT2D eigenvalue weighted by Gasteiger charge is 2.65. The number of carboxylic acid groups (broad SMARTS) is 1. The number of alkyl halides is 1. The van der Waals surface area contributed by atoms with Crippen LogP contribution in [-0.2, 0) is 4.79 Å². The van der Waals surface area contributed by atoms with Crippen molar-refractivity contribution in [3.8, 4) is 0 Å². The maximum atomic E-state index is 12.6. The quantitative estimate of drug-likeness (QED) is 0.463. The second kappa shape index (κ2) is 5.63. The first-order valence-electron chi connectivity index (χ1n) is 7.72. The van der Waals surface area contributed by atoms with Gasteiger partial charge in [-0.2, -0.15) is 0 Å². The molecule has 0 bridgehead atoms. The van der Waals surface area contributed by atoms with E-state index in [9.17, 15) is 24.4 Å². The van der Waals surface area contributed by atoms with Crippen molar-refractivity contribution in [2.45, 2.75) is 40.0 Å². The molecule has 0 aromatic heterocycles. The SMILES string of the molecule is CC(C)(C)C(C(=O)O)[C@]1(C[N+](=O)[O-])C[C@H]2CC(CCF)=C[C@H]21. The van der Waals surface area contributed by atoms with E-state index in [2.05, 4.69) is 0 Å². The van der Waals surface area contributed by atoms with Gasteiger partial charge < -0.3 is 5.11 Å². The van der Waals surface area contributed by atoms with Crippen LogP contribution in [0.5, 0.6) is 0 Å². The number of carbonyl (C=O) groups is 1. The fourth-order valence-electron chi connectivity index (χ4n) is 4.82. The van der Waals surface area contributed by atoms with Gasteiger partial charge in [-0.1, -0.05) is 32.4 Å². The van der Waals surface area contributed by atoms with Crippen molar-refractivity contribution in [1.82, 2.24) is 0 Å². The lowest BCUT2D eigenvalue weighted by Gasteiger charge is -2.55. The van der Waals surface area contributed by atoms with E-state index in [1.807, 2.05) is 26.8 Å². The lowest BCUT2D eigenvalue weighted by atomic mass is 9.46. The van der Waals surface area contributed by atoms with Crippen LogP contribution in [0.4, 0.5) is 4.39 Å². The Morgan fingerprint density at radius 1 is 1.59 bits per heavy atom. The van der Waals surface area contributed by atoms with Gasteiger partial charge in [0.2, 0.25) is 6.54 Å². The number of fused-ring (bicyclic) bond motifs is 1. The largest absolute Gasteiger partial charge is 0.481 e. The van der Waals surface area contributed by atoms with Crippen molar-refractivity contribution in [2.75, 3.05) is 13.2 Å². The molecule has 0 spiro atoms. The summed E-state index contributed by atoms with van der Waals surface area (Å²) in [6.07, 6.45) is 3.58. The van der Waals surface area contributed by atoms with E-state index in [-0.39, 0.29) is 23.3 Å². The van der Waals surface area contributed by atoms with Gasteiger partial charge in [-0.15, -0.1) is 0 Å². The van der Waals surface area contributed by atoms with Crippen LogP contribution in [0.15, 0.2) is 11.6 Å². The summed E-state index contributed by atoms with van der Waals surface area (Å²) in [4.78, 5) is 22.7. The number of allylic oxidation sites excluding steroid dienone is 2. The van der Waals surface area contributed by atoms with E-state index < -0.39 is 29.4 Å². The minimum Gasteiger partial charge on any atom is -0.481 e. The highest BCUT2D eigenvalue weighted by atomic mass is 19.1. The van der Waals surface area contributed by atoms with Crippen molar-refractivity contribution in [3.05, 3.63) is 21.8 Å². The molecule has 0 amide bonds. The van der Waals surface area contributed by atoms with E-state index >= 15 is 0 Å². The number of nitrogens with zero attached hydrogens (tertiary/aromatic N) is 1. The molecule has 0 radical (unpaired) electrons. The monoisotopic (exact) mass is 313 g/mol. The summed E-state index contributed by atoms with van der Waals surface area (Å²) >= 11 is 0. The molecule has 1 saturated carbocycles. The Labute approximate surface area is 129 Å². The minimum atomic E-state index is -0.972. The Bertz CT molecular complexity index is 511. The Balaban J connectivity index is 2.39. The Kier molecular flexibility index (Phi) is 4.33. The molecule has 6 heteroatoms. The molecule has 2 rings (SSSR count). The maximum Gasteiger partial charge on any atom is 0.307 e. The summed E-state index contributed by atoms with van der Waals surface area (Å²) in [5, 5.41) is 20.9. The minimum absolute atomic E-state index is 0.111.